The molecular formula is C27H48O3. The molecule has 0 aromatic carbocycles. The molecule has 4 aliphatic carbocycles. The van der Waals surface area contributed by atoms with Crippen LogP contribution < -0.4 is 0 Å². The van der Waals surface area contributed by atoms with E-state index in [2.05, 4.69) is 27.7 Å². The Morgan fingerprint density at radius 3 is 2.33 bits per heavy atom. The van der Waals surface area contributed by atoms with E-state index in [9.17, 15) is 15.3 Å². The lowest BCUT2D eigenvalue weighted by Crippen LogP contribution is -2.59. The molecule has 4 saturated carbocycles. The van der Waals surface area contributed by atoms with Crippen LogP contribution >= 0.6 is 0 Å². The summed E-state index contributed by atoms with van der Waals surface area (Å²) in [5.41, 5.74) is -1.09. The first-order valence-electron chi connectivity index (χ1n) is 13.9. The minimum Gasteiger partial charge on any atom is -0.393 e. The third kappa shape index (κ3) is 3.69. The van der Waals surface area contributed by atoms with Gasteiger partial charge in [0.25, 0.3) is 0 Å². The second kappa shape index (κ2) is 8.03. The summed E-state index contributed by atoms with van der Waals surface area (Å²) in [6, 6.07) is 0. The fourth-order valence-corrected chi connectivity index (χ4v) is 8.93. The van der Waals surface area contributed by atoms with Crippen LogP contribution in [0.15, 0.2) is 0 Å². The molecule has 0 aromatic rings. The average Bonchev–Trinajstić information content (AvgIpc) is 3.06. The minimum absolute atomic E-state index is 0.0292. The molecule has 12 atom stereocenters. The van der Waals surface area contributed by atoms with Gasteiger partial charge >= 0.3 is 0 Å². The standard InChI is InChI=1S/C27H48O3/c1-17(2)7-6-12-27(5,30)24-9-8-20-19-16-23(29)22-15-18(28)10-13-25(22,3)21(19)11-14-26(20,24)4/h17-24,28-30H,6-16H2,1-5H3/t18-,19-,20-,21-,22+,23-,24-,25+,26-,27-/m0/s1/i6D,12D/t6-,12-,18+,19+,20+,21+,22-,23+,24+,25-,26+,27+/m1. The van der Waals surface area contributed by atoms with Crippen molar-refractivity contribution < 1.29 is 18.1 Å². The van der Waals surface area contributed by atoms with E-state index in [1.165, 1.54) is 0 Å². The van der Waals surface area contributed by atoms with Gasteiger partial charge in [-0.3, -0.25) is 0 Å². The second-order valence-corrected chi connectivity index (χ2v) is 12.7. The number of hydrogen-bond acceptors (Lipinski definition) is 3. The van der Waals surface area contributed by atoms with E-state index >= 15 is 0 Å². The number of aliphatic hydroxyl groups is 3. The third-order valence-corrected chi connectivity index (χ3v) is 10.4. The predicted octanol–water partition coefficient (Wildman–Crippen LogP) is 5.55. The lowest BCUT2D eigenvalue weighted by atomic mass is 9.43. The Kier molecular flexibility index (Phi) is 5.48. The summed E-state index contributed by atoms with van der Waals surface area (Å²) in [6.45, 7) is 10.7. The highest BCUT2D eigenvalue weighted by atomic mass is 16.3. The molecule has 30 heavy (non-hydrogen) atoms. The summed E-state index contributed by atoms with van der Waals surface area (Å²) in [4.78, 5) is 0. The Morgan fingerprint density at radius 2 is 1.63 bits per heavy atom. The normalized spacial score (nSPS) is 53.6. The van der Waals surface area contributed by atoms with Crippen molar-refractivity contribution >= 4 is 0 Å². The van der Waals surface area contributed by atoms with Crippen molar-refractivity contribution in [1.82, 2.24) is 0 Å². The van der Waals surface area contributed by atoms with Gasteiger partial charge in [-0.25, -0.2) is 0 Å². The topological polar surface area (TPSA) is 60.7 Å². The van der Waals surface area contributed by atoms with Crippen LogP contribution in [0.4, 0.5) is 0 Å². The van der Waals surface area contributed by atoms with E-state index in [1.807, 2.05) is 6.92 Å². The molecule has 0 radical (unpaired) electrons. The van der Waals surface area contributed by atoms with Crippen molar-refractivity contribution in [3.8, 4) is 0 Å². The summed E-state index contributed by atoms with van der Waals surface area (Å²) in [7, 11) is 0. The van der Waals surface area contributed by atoms with Gasteiger partial charge in [-0.2, -0.15) is 0 Å². The van der Waals surface area contributed by atoms with Crippen LogP contribution in [-0.4, -0.2) is 33.1 Å². The van der Waals surface area contributed by atoms with Crippen molar-refractivity contribution in [2.75, 3.05) is 0 Å². The van der Waals surface area contributed by atoms with Gasteiger partial charge in [0.2, 0.25) is 0 Å². The highest BCUT2D eigenvalue weighted by Crippen LogP contribution is 2.68. The monoisotopic (exact) mass is 422 g/mol. The molecule has 0 spiro atoms. The van der Waals surface area contributed by atoms with Crippen molar-refractivity contribution in [3.05, 3.63) is 0 Å². The SMILES string of the molecule is [2H][C@H](CC(C)C)[C@@H]([2H])[C@](C)(O)[C@H]1CC[C@H]2[C@@H]3C[C@H](O)[C@H]4C[C@@H](O)CC[C@]4(C)[C@H]3CC[C@]12C. The van der Waals surface area contributed by atoms with Gasteiger partial charge in [0.05, 0.1) is 17.8 Å². The Labute approximate surface area is 187 Å². The number of aliphatic hydroxyl groups excluding tert-OH is 2. The lowest BCUT2D eigenvalue weighted by Gasteiger charge is -2.62. The molecule has 0 aliphatic heterocycles. The largest absolute Gasteiger partial charge is 0.393 e. The van der Waals surface area contributed by atoms with Crippen molar-refractivity contribution in [2.24, 2.45) is 46.3 Å². The minimum atomic E-state index is -1.16. The Balaban J connectivity index is 1.57. The molecule has 0 unspecified atom stereocenters. The predicted molar refractivity (Wildman–Crippen MR) is 122 cm³/mol. The van der Waals surface area contributed by atoms with Gasteiger partial charge in [-0.05, 0) is 111 Å². The van der Waals surface area contributed by atoms with Crippen LogP contribution in [-0.2, 0) is 0 Å². The number of hydrogen-bond donors (Lipinski definition) is 3. The summed E-state index contributed by atoms with van der Waals surface area (Å²) in [5, 5.41) is 33.2. The summed E-state index contributed by atoms with van der Waals surface area (Å²) in [6.07, 6.45) is 6.30. The van der Waals surface area contributed by atoms with Crippen LogP contribution in [0.1, 0.15) is 108 Å². The summed E-state index contributed by atoms with van der Waals surface area (Å²) < 4.78 is 17.4. The fraction of sp³-hybridized carbons (Fsp3) is 1.00. The van der Waals surface area contributed by atoms with E-state index < -0.39 is 18.4 Å². The number of rotatable bonds is 5. The van der Waals surface area contributed by atoms with E-state index in [1.54, 1.807) is 0 Å². The van der Waals surface area contributed by atoms with Gasteiger partial charge in [0.15, 0.2) is 0 Å². The van der Waals surface area contributed by atoms with Crippen molar-refractivity contribution in [2.45, 2.75) is 123 Å². The van der Waals surface area contributed by atoms with Gasteiger partial charge in [0.1, 0.15) is 0 Å². The quantitative estimate of drug-likeness (QED) is 0.544. The smallest absolute Gasteiger partial charge is 0.0653 e. The maximum Gasteiger partial charge on any atom is 0.0653 e. The van der Waals surface area contributed by atoms with Gasteiger partial charge in [-0.15, -0.1) is 0 Å². The fourth-order valence-electron chi connectivity index (χ4n) is 8.93. The van der Waals surface area contributed by atoms with Gasteiger partial charge < -0.3 is 15.3 Å². The van der Waals surface area contributed by atoms with E-state index in [0.29, 0.717) is 30.1 Å². The first kappa shape index (κ1) is 20.5. The van der Waals surface area contributed by atoms with Gasteiger partial charge in [-0.1, -0.05) is 40.5 Å². The van der Waals surface area contributed by atoms with Crippen LogP contribution in [0.3, 0.4) is 0 Å². The highest BCUT2D eigenvalue weighted by Gasteiger charge is 2.63. The maximum absolute atomic E-state index is 11.7. The maximum atomic E-state index is 11.7. The van der Waals surface area contributed by atoms with Crippen molar-refractivity contribution in [1.29, 1.82) is 0 Å². The third-order valence-electron chi connectivity index (χ3n) is 10.4. The molecule has 4 fully saturated rings. The molecule has 0 amide bonds. The average molecular weight is 423 g/mol. The summed E-state index contributed by atoms with van der Waals surface area (Å²) in [5.74, 6) is 2.12. The lowest BCUT2D eigenvalue weighted by molar-refractivity contribution is -0.179. The first-order chi connectivity index (χ1) is 14.8. The molecule has 4 rings (SSSR count). The Morgan fingerprint density at radius 1 is 0.967 bits per heavy atom. The second-order valence-electron chi connectivity index (χ2n) is 12.7. The highest BCUT2D eigenvalue weighted by molar-refractivity contribution is 5.13. The molecule has 0 heterocycles. The molecule has 3 N–H and O–H groups in total. The van der Waals surface area contributed by atoms with Crippen molar-refractivity contribution in [3.63, 3.8) is 0 Å². The molecule has 4 aliphatic rings. The molecular weight excluding hydrogens is 372 g/mol. The van der Waals surface area contributed by atoms with E-state index in [0.717, 1.165) is 51.4 Å². The van der Waals surface area contributed by atoms with Crippen LogP contribution in [0.25, 0.3) is 0 Å². The zero-order valence-corrected chi connectivity index (χ0v) is 20.0. The zero-order chi connectivity index (χ0) is 23.6. The Bertz CT molecular complexity index is 684. The van der Waals surface area contributed by atoms with Crippen LogP contribution in [0.2, 0.25) is 0 Å². The molecule has 0 aromatic heterocycles. The van der Waals surface area contributed by atoms with Crippen LogP contribution in [0, 0.1) is 46.3 Å². The first-order valence-corrected chi connectivity index (χ1v) is 12.7. The molecule has 0 bridgehead atoms. The molecule has 3 nitrogen and oxygen atoms in total. The van der Waals surface area contributed by atoms with Crippen LogP contribution in [0.5, 0.6) is 0 Å². The molecule has 0 saturated heterocycles. The molecule has 174 valence electrons. The summed E-state index contributed by atoms with van der Waals surface area (Å²) >= 11 is 0. The Hall–Kier alpha value is -0.120. The number of fused-ring (bicyclic) bond motifs is 5. The van der Waals surface area contributed by atoms with E-state index in [4.69, 9.17) is 2.74 Å². The van der Waals surface area contributed by atoms with Gasteiger partial charge in [0, 0.05) is 2.74 Å². The zero-order valence-electron chi connectivity index (χ0n) is 22.0. The molecule has 3 heteroatoms. The van der Waals surface area contributed by atoms with E-state index in [-0.39, 0.29) is 34.9 Å².